The molecule has 0 radical (unpaired) electrons. The summed E-state index contributed by atoms with van der Waals surface area (Å²) < 4.78 is 5.68. The topological polar surface area (TPSA) is 26.3 Å². The van der Waals surface area contributed by atoms with E-state index >= 15 is 0 Å². The summed E-state index contributed by atoms with van der Waals surface area (Å²) in [6, 6.07) is 0. The summed E-state index contributed by atoms with van der Waals surface area (Å²) in [5.41, 5.74) is 1.72. The van der Waals surface area contributed by atoms with E-state index in [4.69, 9.17) is 4.74 Å². The fourth-order valence-electron chi connectivity index (χ4n) is 3.60. The molecule has 96 valence electrons. The van der Waals surface area contributed by atoms with Crippen molar-refractivity contribution in [2.24, 2.45) is 17.3 Å². The molecule has 17 heavy (non-hydrogen) atoms. The molecule has 0 aliphatic heterocycles. The van der Waals surface area contributed by atoms with Crippen molar-refractivity contribution in [2.75, 3.05) is 0 Å². The molecule has 0 amide bonds. The Labute approximate surface area is 104 Å². The quantitative estimate of drug-likeness (QED) is 0.549. The van der Waals surface area contributed by atoms with Gasteiger partial charge in [0.2, 0.25) is 0 Å². The maximum Gasteiger partial charge on any atom is 0.306 e. The molecule has 2 bridgehead atoms. The van der Waals surface area contributed by atoms with E-state index in [9.17, 15) is 4.79 Å². The Bertz CT molecular complexity index is 341. The second-order valence-electron chi connectivity index (χ2n) is 6.15. The number of carbonyl (C=O) groups is 1. The number of ether oxygens (including phenoxy) is 1. The molecule has 0 aromatic heterocycles. The minimum Gasteiger partial charge on any atom is -0.461 e. The normalized spacial score (nSPS) is 33.6. The Morgan fingerprint density at radius 3 is 2.76 bits per heavy atom. The Kier molecular flexibility index (Phi) is 3.33. The second-order valence-corrected chi connectivity index (χ2v) is 6.15. The van der Waals surface area contributed by atoms with Crippen molar-refractivity contribution in [1.29, 1.82) is 0 Å². The van der Waals surface area contributed by atoms with Gasteiger partial charge in [-0.15, -0.1) is 0 Å². The summed E-state index contributed by atoms with van der Waals surface area (Å²) >= 11 is 0. The number of rotatable bonds is 4. The van der Waals surface area contributed by atoms with Gasteiger partial charge in [-0.05, 0) is 25.2 Å². The average molecular weight is 236 g/mol. The van der Waals surface area contributed by atoms with Crippen molar-refractivity contribution in [1.82, 2.24) is 0 Å². The van der Waals surface area contributed by atoms with Crippen molar-refractivity contribution in [3.8, 4) is 0 Å². The fourth-order valence-corrected chi connectivity index (χ4v) is 3.60. The molecule has 0 N–H and O–H groups in total. The Morgan fingerprint density at radius 1 is 1.53 bits per heavy atom. The Balaban J connectivity index is 1.97. The highest BCUT2D eigenvalue weighted by Gasteiger charge is 2.60. The van der Waals surface area contributed by atoms with Crippen LogP contribution < -0.4 is 0 Å². The lowest BCUT2D eigenvalue weighted by Crippen LogP contribution is -2.61. The van der Waals surface area contributed by atoms with E-state index in [-0.39, 0.29) is 12.1 Å². The van der Waals surface area contributed by atoms with Crippen molar-refractivity contribution in [3.05, 3.63) is 11.6 Å². The summed E-state index contributed by atoms with van der Waals surface area (Å²) in [6.07, 6.45) is 6.11. The molecule has 0 aromatic carbocycles. The average Bonchev–Trinajstić information content (AvgIpc) is 2.25. The highest BCUT2D eigenvalue weighted by molar-refractivity contribution is 5.69. The van der Waals surface area contributed by atoms with Crippen LogP contribution >= 0.6 is 0 Å². The minimum absolute atomic E-state index is 0.00273. The molecule has 1 fully saturated rings. The lowest BCUT2D eigenvalue weighted by molar-refractivity contribution is -0.192. The predicted molar refractivity (Wildman–Crippen MR) is 68.5 cm³/mol. The first kappa shape index (κ1) is 12.7. The van der Waals surface area contributed by atoms with Gasteiger partial charge in [-0.2, -0.15) is 0 Å². The van der Waals surface area contributed by atoms with Crippen LogP contribution in [0, 0.1) is 17.3 Å². The summed E-state index contributed by atoms with van der Waals surface area (Å²) in [6.45, 7) is 8.88. The van der Waals surface area contributed by atoms with E-state index in [0.717, 1.165) is 19.3 Å². The Hall–Kier alpha value is -0.790. The Morgan fingerprint density at radius 2 is 2.24 bits per heavy atom. The van der Waals surface area contributed by atoms with Gasteiger partial charge in [0, 0.05) is 18.3 Å². The first-order valence-corrected chi connectivity index (χ1v) is 6.84. The van der Waals surface area contributed by atoms with Crippen LogP contribution in [0.15, 0.2) is 11.6 Å². The third kappa shape index (κ3) is 2.02. The molecule has 3 unspecified atom stereocenters. The molecular formula is C15H24O2. The molecule has 1 saturated carbocycles. The molecule has 2 nitrogen and oxygen atoms in total. The minimum atomic E-state index is -0.00273. The number of fused-ring (bicyclic) bond motifs is 1. The summed E-state index contributed by atoms with van der Waals surface area (Å²) in [5.74, 6) is 0.977. The maximum absolute atomic E-state index is 11.7. The zero-order valence-electron chi connectivity index (χ0n) is 11.5. The van der Waals surface area contributed by atoms with Crippen LogP contribution in [0.25, 0.3) is 0 Å². The van der Waals surface area contributed by atoms with E-state index < -0.39 is 0 Å². The number of hydrogen-bond donors (Lipinski definition) is 0. The second kappa shape index (κ2) is 4.47. The predicted octanol–water partition coefficient (Wildman–Crippen LogP) is 3.71. The van der Waals surface area contributed by atoms with Crippen LogP contribution in [0.3, 0.4) is 0 Å². The molecule has 0 heterocycles. The van der Waals surface area contributed by atoms with E-state index in [2.05, 4.69) is 33.8 Å². The monoisotopic (exact) mass is 236 g/mol. The number of allylic oxidation sites excluding steroid dienone is 1. The third-order valence-electron chi connectivity index (χ3n) is 4.67. The largest absolute Gasteiger partial charge is 0.461 e. The van der Waals surface area contributed by atoms with Gasteiger partial charge in [-0.3, -0.25) is 4.79 Å². The van der Waals surface area contributed by atoms with E-state index in [0.29, 0.717) is 23.7 Å². The number of carbonyl (C=O) groups excluding carboxylic acids is 1. The van der Waals surface area contributed by atoms with Crippen LogP contribution in [-0.2, 0) is 9.53 Å². The van der Waals surface area contributed by atoms with Crippen molar-refractivity contribution in [2.45, 2.75) is 59.5 Å². The number of esters is 1. The smallest absolute Gasteiger partial charge is 0.306 e. The van der Waals surface area contributed by atoms with Crippen molar-refractivity contribution in [3.63, 3.8) is 0 Å². The van der Waals surface area contributed by atoms with Crippen LogP contribution in [0.4, 0.5) is 0 Å². The molecule has 0 saturated heterocycles. The SMILES string of the molecule is CCCCC(=O)OC1C2CC=C(C)C1C2(C)C. The van der Waals surface area contributed by atoms with Crippen LogP contribution in [0.2, 0.25) is 0 Å². The third-order valence-corrected chi connectivity index (χ3v) is 4.67. The van der Waals surface area contributed by atoms with Gasteiger partial charge in [-0.1, -0.05) is 38.8 Å². The van der Waals surface area contributed by atoms with Crippen LogP contribution in [0.5, 0.6) is 0 Å². The summed E-state index contributed by atoms with van der Waals surface area (Å²) in [5, 5.41) is 0. The molecule has 2 heteroatoms. The molecule has 3 aliphatic carbocycles. The standard InChI is InChI=1S/C15H24O2/c1-5-6-7-12(16)17-14-11-9-8-10(2)13(14)15(11,3)4/h8,11,13-14H,5-7,9H2,1-4H3. The van der Waals surface area contributed by atoms with Crippen LogP contribution in [0.1, 0.15) is 53.4 Å². The zero-order valence-corrected chi connectivity index (χ0v) is 11.5. The first-order chi connectivity index (χ1) is 7.98. The van der Waals surface area contributed by atoms with E-state index in [1.54, 1.807) is 0 Å². The van der Waals surface area contributed by atoms with Crippen LogP contribution in [-0.4, -0.2) is 12.1 Å². The maximum atomic E-state index is 11.7. The molecule has 3 aliphatic rings. The lowest BCUT2D eigenvalue weighted by atomic mass is 9.47. The fraction of sp³-hybridized carbons (Fsp3) is 0.800. The number of hydrogen-bond acceptors (Lipinski definition) is 2. The summed E-state index contributed by atoms with van der Waals surface area (Å²) in [4.78, 5) is 11.7. The lowest BCUT2D eigenvalue weighted by Gasteiger charge is -2.60. The van der Waals surface area contributed by atoms with E-state index in [1.807, 2.05) is 0 Å². The van der Waals surface area contributed by atoms with Gasteiger partial charge in [-0.25, -0.2) is 0 Å². The molecule has 0 spiro atoms. The molecule has 0 aromatic rings. The van der Waals surface area contributed by atoms with Crippen molar-refractivity contribution >= 4 is 5.97 Å². The first-order valence-electron chi connectivity index (χ1n) is 6.84. The van der Waals surface area contributed by atoms with Gasteiger partial charge in [0.05, 0.1) is 0 Å². The highest BCUT2D eigenvalue weighted by atomic mass is 16.5. The zero-order chi connectivity index (χ0) is 12.6. The number of unbranched alkanes of at least 4 members (excludes halogenated alkanes) is 1. The van der Waals surface area contributed by atoms with E-state index in [1.165, 1.54) is 5.57 Å². The molecule has 3 atom stereocenters. The van der Waals surface area contributed by atoms with Gasteiger partial charge in [0.15, 0.2) is 0 Å². The van der Waals surface area contributed by atoms with Gasteiger partial charge >= 0.3 is 5.97 Å². The van der Waals surface area contributed by atoms with Gasteiger partial charge < -0.3 is 4.74 Å². The van der Waals surface area contributed by atoms with Crippen molar-refractivity contribution < 1.29 is 9.53 Å². The van der Waals surface area contributed by atoms with Gasteiger partial charge in [0.25, 0.3) is 0 Å². The molecular weight excluding hydrogens is 212 g/mol. The summed E-state index contributed by atoms with van der Waals surface area (Å²) in [7, 11) is 0. The van der Waals surface area contributed by atoms with Gasteiger partial charge in [0.1, 0.15) is 6.10 Å². The highest BCUT2D eigenvalue weighted by Crippen LogP contribution is 2.60. The molecule has 3 rings (SSSR count).